The van der Waals surface area contributed by atoms with Crippen LogP contribution in [-0.2, 0) is 0 Å². The fourth-order valence-electron chi connectivity index (χ4n) is 4.24. The first-order valence-corrected chi connectivity index (χ1v) is 11.0. The van der Waals surface area contributed by atoms with E-state index in [0.717, 1.165) is 54.8 Å². The molecule has 1 aromatic carbocycles. The quantitative estimate of drug-likeness (QED) is 0.324. The Morgan fingerprint density at radius 1 is 1.30 bits per heavy atom. The Labute approximate surface area is 194 Å². The molecule has 0 atom stereocenters. The van der Waals surface area contributed by atoms with Crippen LogP contribution in [0.3, 0.4) is 0 Å². The van der Waals surface area contributed by atoms with Crippen LogP contribution in [0.25, 0.3) is 11.1 Å². The first-order chi connectivity index (χ1) is 15.9. The maximum atomic E-state index is 13.5. The molecule has 8 nitrogen and oxygen atoms in total. The normalized spacial score (nSPS) is 14.0. The van der Waals surface area contributed by atoms with Gasteiger partial charge in [-0.3, -0.25) is 10.8 Å². The van der Waals surface area contributed by atoms with Crippen molar-refractivity contribution < 1.29 is 4.39 Å². The van der Waals surface area contributed by atoms with Gasteiger partial charge in [0.05, 0.1) is 23.3 Å². The molecule has 33 heavy (non-hydrogen) atoms. The summed E-state index contributed by atoms with van der Waals surface area (Å²) in [6.07, 6.45) is 4.17. The van der Waals surface area contributed by atoms with E-state index in [-0.39, 0.29) is 5.92 Å². The number of amidine groups is 1. The fraction of sp³-hybridized carbons (Fsp3) is 0.417. The van der Waals surface area contributed by atoms with Crippen molar-refractivity contribution in [1.29, 1.82) is 16.1 Å². The summed E-state index contributed by atoms with van der Waals surface area (Å²) in [7, 11) is 5.59. The molecule has 0 saturated carbocycles. The van der Waals surface area contributed by atoms with Gasteiger partial charge in [0.25, 0.3) is 0 Å². The van der Waals surface area contributed by atoms with E-state index in [0.29, 0.717) is 24.5 Å². The van der Waals surface area contributed by atoms with Gasteiger partial charge in [-0.1, -0.05) is 6.07 Å². The average Bonchev–Trinajstić information content (AvgIpc) is 2.86. The topological polar surface area (TPSA) is 106 Å². The van der Waals surface area contributed by atoms with E-state index in [4.69, 9.17) is 10.8 Å². The van der Waals surface area contributed by atoms with Crippen LogP contribution in [0.4, 0.5) is 15.8 Å². The van der Waals surface area contributed by atoms with Crippen molar-refractivity contribution in [2.24, 2.45) is 5.92 Å². The second-order valence-corrected chi connectivity index (χ2v) is 8.25. The highest BCUT2D eigenvalue weighted by molar-refractivity contribution is 5.91. The Hall–Kier alpha value is -3.51. The van der Waals surface area contributed by atoms with E-state index in [2.05, 4.69) is 26.2 Å². The van der Waals surface area contributed by atoms with E-state index >= 15 is 0 Å². The largest absolute Gasteiger partial charge is 0.372 e. The second-order valence-electron chi connectivity index (χ2n) is 8.25. The Bertz CT molecular complexity index is 1020. The number of nitrogens with zero attached hydrogens (tertiary/aromatic N) is 5. The molecule has 0 unspecified atom stereocenters. The number of halogens is 1. The van der Waals surface area contributed by atoms with Crippen molar-refractivity contribution in [1.82, 2.24) is 15.2 Å². The zero-order valence-electron chi connectivity index (χ0n) is 19.4. The summed E-state index contributed by atoms with van der Waals surface area (Å²) in [4.78, 5) is 9.61. The number of nitriles is 1. The highest BCUT2D eigenvalue weighted by atomic mass is 19.1. The first kappa shape index (κ1) is 24.1. The van der Waals surface area contributed by atoms with Crippen LogP contribution in [0.1, 0.15) is 18.4 Å². The molecule has 3 N–H and O–H groups in total. The molecule has 1 aromatic heterocycles. The fourth-order valence-corrected chi connectivity index (χ4v) is 4.24. The molecular formula is C24H31FN8. The van der Waals surface area contributed by atoms with Gasteiger partial charge < -0.3 is 20.0 Å². The van der Waals surface area contributed by atoms with Gasteiger partial charge in [-0.2, -0.15) is 9.65 Å². The molecule has 0 spiro atoms. The summed E-state index contributed by atoms with van der Waals surface area (Å²) in [6, 6.07) is 9.37. The summed E-state index contributed by atoms with van der Waals surface area (Å²) in [5, 5.41) is 29.1. The summed E-state index contributed by atoms with van der Waals surface area (Å²) in [6.45, 7) is 2.89. The van der Waals surface area contributed by atoms with Crippen molar-refractivity contribution in [3.63, 3.8) is 0 Å². The van der Waals surface area contributed by atoms with Gasteiger partial charge in [0.2, 0.25) is 5.95 Å². The van der Waals surface area contributed by atoms with Gasteiger partial charge in [-0.05, 0) is 38.1 Å². The van der Waals surface area contributed by atoms with E-state index in [1.54, 1.807) is 13.1 Å². The van der Waals surface area contributed by atoms with Gasteiger partial charge in [-0.15, -0.1) is 0 Å². The van der Waals surface area contributed by atoms with Crippen molar-refractivity contribution in [2.45, 2.75) is 12.8 Å². The third-order valence-corrected chi connectivity index (χ3v) is 6.19. The number of pyridine rings is 1. The maximum Gasteiger partial charge on any atom is 0.212 e. The Balaban J connectivity index is 2.01. The molecule has 1 saturated heterocycles. The van der Waals surface area contributed by atoms with Gasteiger partial charge >= 0.3 is 0 Å². The van der Waals surface area contributed by atoms with Gasteiger partial charge in [-0.25, -0.2) is 4.98 Å². The lowest BCUT2D eigenvalue weighted by Crippen LogP contribution is -2.41. The molecule has 0 aliphatic carbocycles. The van der Waals surface area contributed by atoms with Gasteiger partial charge in [0.15, 0.2) is 0 Å². The number of rotatable bonds is 8. The number of likely N-dealkylation sites (N-methyl/N-ethyl adjacent to an activating group) is 2. The van der Waals surface area contributed by atoms with Crippen molar-refractivity contribution >= 4 is 23.5 Å². The second kappa shape index (κ2) is 10.9. The van der Waals surface area contributed by atoms with Crippen LogP contribution in [-0.4, -0.2) is 69.4 Å². The molecule has 2 aromatic rings. The molecule has 1 aliphatic heterocycles. The van der Waals surface area contributed by atoms with Gasteiger partial charge in [0, 0.05) is 63.5 Å². The molecule has 0 bridgehead atoms. The number of benzene rings is 1. The lowest BCUT2D eigenvalue weighted by atomic mass is 9.92. The zero-order chi connectivity index (χ0) is 24.0. The first-order valence-electron chi connectivity index (χ1n) is 11.0. The molecule has 3 rings (SSSR count). The molecule has 0 radical (unpaired) electrons. The minimum atomic E-state index is -0.543. The standard InChI is InChI=1S/C24H31FN8/c1-29-10-13-31(2)21-6-5-19(18-4-7-22(25)30-15-18)23(20(21)14-26)33-11-8-17(9-12-33)24(28)32(3)16-27/h4-7,15-17,27-29H,8-13H2,1-3H3. The predicted molar refractivity (Wildman–Crippen MR) is 131 cm³/mol. The highest BCUT2D eigenvalue weighted by Crippen LogP contribution is 2.40. The number of piperidine rings is 1. The predicted octanol–water partition coefficient (Wildman–Crippen LogP) is 3.15. The lowest BCUT2D eigenvalue weighted by molar-refractivity contribution is 0.473. The van der Waals surface area contributed by atoms with E-state index in [1.807, 2.05) is 26.2 Å². The van der Waals surface area contributed by atoms with Crippen LogP contribution in [0.2, 0.25) is 0 Å². The number of hydrogen-bond donors (Lipinski definition) is 3. The smallest absolute Gasteiger partial charge is 0.212 e. The van der Waals surface area contributed by atoms with Crippen LogP contribution >= 0.6 is 0 Å². The van der Waals surface area contributed by atoms with E-state index in [9.17, 15) is 9.65 Å². The number of hydrogen-bond acceptors (Lipinski definition) is 7. The summed E-state index contributed by atoms with van der Waals surface area (Å²) in [5.41, 5.74) is 3.85. The lowest BCUT2D eigenvalue weighted by Gasteiger charge is -2.37. The molecule has 9 heteroatoms. The SMILES string of the molecule is CNCCN(C)c1ccc(-c2ccc(F)nc2)c(N2CCC(C(=N)N(C)C=N)CC2)c1C#N. The third kappa shape index (κ3) is 5.29. The van der Waals surface area contributed by atoms with Crippen LogP contribution < -0.4 is 15.1 Å². The van der Waals surface area contributed by atoms with Gasteiger partial charge in [0.1, 0.15) is 11.9 Å². The van der Waals surface area contributed by atoms with E-state index in [1.165, 1.54) is 17.2 Å². The average molecular weight is 451 g/mol. The third-order valence-electron chi connectivity index (χ3n) is 6.19. The molecule has 0 amide bonds. The number of nitrogens with one attached hydrogen (secondary N) is 3. The minimum absolute atomic E-state index is 0.0656. The monoisotopic (exact) mass is 450 g/mol. The Morgan fingerprint density at radius 3 is 2.61 bits per heavy atom. The van der Waals surface area contributed by atoms with Crippen LogP contribution in [0.15, 0.2) is 30.5 Å². The molecule has 1 fully saturated rings. The molecule has 2 heterocycles. The van der Waals surface area contributed by atoms with Crippen LogP contribution in [0.5, 0.6) is 0 Å². The molecular weight excluding hydrogens is 419 g/mol. The molecule has 174 valence electrons. The van der Waals surface area contributed by atoms with Crippen molar-refractivity contribution in [2.75, 3.05) is 57.1 Å². The number of anilines is 2. The summed E-state index contributed by atoms with van der Waals surface area (Å²) >= 11 is 0. The van der Waals surface area contributed by atoms with Crippen LogP contribution in [0, 0.1) is 34.0 Å². The Kier molecular flexibility index (Phi) is 7.96. The highest BCUT2D eigenvalue weighted by Gasteiger charge is 2.28. The van der Waals surface area contributed by atoms with Crippen molar-refractivity contribution in [3.8, 4) is 17.2 Å². The van der Waals surface area contributed by atoms with E-state index < -0.39 is 5.95 Å². The number of aromatic nitrogens is 1. The Morgan fingerprint density at radius 2 is 2.03 bits per heavy atom. The minimum Gasteiger partial charge on any atom is -0.372 e. The summed E-state index contributed by atoms with van der Waals surface area (Å²) in [5.74, 6) is -0.0386. The summed E-state index contributed by atoms with van der Waals surface area (Å²) < 4.78 is 13.5. The maximum absolute atomic E-state index is 13.5. The molecule has 1 aliphatic rings. The van der Waals surface area contributed by atoms with Crippen molar-refractivity contribution in [3.05, 3.63) is 42.0 Å². The zero-order valence-corrected chi connectivity index (χ0v) is 19.4.